The van der Waals surface area contributed by atoms with Crippen LogP contribution in [0.2, 0.25) is 0 Å². The van der Waals surface area contributed by atoms with Gasteiger partial charge in [-0.25, -0.2) is 9.59 Å². The fraction of sp³-hybridized carbons (Fsp3) is 0.800. The van der Waals surface area contributed by atoms with Gasteiger partial charge in [0.1, 0.15) is 12.1 Å². The molecule has 0 radical (unpaired) electrons. The molecule has 2 N–H and O–H groups in total. The molecule has 17 heteroatoms. The molecule has 0 bridgehead atoms. The van der Waals surface area contributed by atoms with E-state index >= 15 is 0 Å². The minimum Gasteiger partial charge on any atom is -0.548 e. The quantitative estimate of drug-likeness (QED) is 0.117. The number of unbranched alkanes of at least 4 members (excludes halogenated alkanes) is 10. The van der Waals surface area contributed by atoms with Crippen LogP contribution < -0.4 is 10.2 Å². The second kappa shape index (κ2) is 26.9. The molecule has 57 heavy (non-hydrogen) atoms. The summed E-state index contributed by atoms with van der Waals surface area (Å²) in [5, 5.41) is 40.3. The number of nitrogens with zero attached hydrogens (tertiary/aromatic N) is 4. The minimum absolute atomic E-state index is 0. The largest absolute Gasteiger partial charge is 2.00 e. The minimum atomic E-state index is -1.16. The van der Waals surface area contributed by atoms with Crippen LogP contribution in [0.25, 0.3) is 0 Å². The normalized spacial score (nSPS) is 21.5. The van der Waals surface area contributed by atoms with Crippen molar-refractivity contribution >= 4 is 85.2 Å². The maximum Gasteiger partial charge on any atom is 2.00 e. The van der Waals surface area contributed by atoms with Crippen molar-refractivity contribution in [2.75, 3.05) is 26.2 Å². The number of carboxylic acid groups (broad SMARTS) is 4. The molecule has 4 amide bonds. The van der Waals surface area contributed by atoms with Gasteiger partial charge < -0.3 is 49.6 Å². The van der Waals surface area contributed by atoms with Gasteiger partial charge in [-0.2, -0.15) is 0 Å². The molecule has 0 unspecified atom stereocenters. The summed E-state index contributed by atoms with van der Waals surface area (Å²) < 4.78 is 0. The number of amides is 4. The summed E-state index contributed by atoms with van der Waals surface area (Å²) >= 11 is 0. The Balaban J connectivity index is 0.000000387. The molecule has 4 fully saturated rings. The first-order valence-corrected chi connectivity index (χ1v) is 20.9. The summed E-state index contributed by atoms with van der Waals surface area (Å²) in [5.74, 6) is -4.49. The van der Waals surface area contributed by atoms with E-state index in [1.54, 1.807) is 0 Å². The van der Waals surface area contributed by atoms with Gasteiger partial charge in [0.2, 0.25) is 23.6 Å². The summed E-state index contributed by atoms with van der Waals surface area (Å²) in [4.78, 5) is 98.7. The number of aliphatic carboxylic acids is 4. The number of hydrogen-bond acceptors (Lipinski definition) is 10. The fourth-order valence-corrected chi connectivity index (χ4v) is 8.36. The zero-order valence-corrected chi connectivity index (χ0v) is 35.8. The second-order valence-electron chi connectivity index (χ2n) is 15.5. The van der Waals surface area contributed by atoms with Gasteiger partial charge in [-0.3, -0.25) is 19.2 Å². The molecule has 0 aromatic heterocycles. The molecule has 4 heterocycles. The van der Waals surface area contributed by atoms with Crippen molar-refractivity contribution in [3.05, 3.63) is 0 Å². The van der Waals surface area contributed by atoms with Gasteiger partial charge in [-0.05, 0) is 77.0 Å². The van der Waals surface area contributed by atoms with Crippen molar-refractivity contribution in [3.8, 4) is 0 Å². The van der Waals surface area contributed by atoms with E-state index in [1.807, 2.05) is 0 Å². The molecule has 0 aromatic rings. The van der Waals surface area contributed by atoms with Crippen molar-refractivity contribution in [2.45, 2.75) is 178 Å². The zero-order valence-electron chi connectivity index (χ0n) is 33.6. The maximum atomic E-state index is 12.1. The maximum absolute atomic E-state index is 12.1. The molecule has 4 saturated heterocycles. The van der Waals surface area contributed by atoms with Gasteiger partial charge in [0.25, 0.3) is 0 Å². The smallest absolute Gasteiger partial charge is 0.548 e. The molecule has 4 atom stereocenters. The van der Waals surface area contributed by atoms with E-state index in [4.69, 9.17) is 10.2 Å². The molecule has 4 aliphatic rings. The standard InChI is InChI=1S/2C20H32N2O6.Ca/c2*23-17(21-13-7-9-15(21)19(25)26)11-5-3-1-2-4-6-12-18(24)22-14-8-10-16(22)20(27)28;/h2*15-16H,1-14H2,(H,25,26)(H,27,28);/q;;+2/p-2/t2*15-,16-;/m11./s1. The first-order valence-electron chi connectivity index (χ1n) is 20.9. The van der Waals surface area contributed by atoms with E-state index in [0.717, 1.165) is 89.9 Å². The number of rotatable bonds is 22. The van der Waals surface area contributed by atoms with E-state index in [1.165, 1.54) is 19.6 Å². The number of carboxylic acids is 4. The number of carbonyl (C=O) groups is 8. The Hall–Kier alpha value is -2.98. The van der Waals surface area contributed by atoms with Crippen LogP contribution >= 0.6 is 0 Å². The third kappa shape index (κ3) is 16.7. The van der Waals surface area contributed by atoms with Gasteiger partial charge in [-0.15, -0.1) is 0 Å². The van der Waals surface area contributed by atoms with Gasteiger partial charge in [-0.1, -0.05) is 51.4 Å². The van der Waals surface area contributed by atoms with E-state index in [9.17, 15) is 48.6 Å². The number of likely N-dealkylation sites (tertiary alicyclic amines) is 4. The monoisotopic (exact) mass is 830 g/mol. The Morgan fingerprint density at radius 2 is 0.596 bits per heavy atom. The number of hydrogen-bond donors (Lipinski definition) is 2. The van der Waals surface area contributed by atoms with E-state index in [-0.39, 0.29) is 61.4 Å². The molecule has 0 spiro atoms. The first kappa shape index (κ1) is 50.2. The Kier molecular flexibility index (Phi) is 23.7. The molecule has 0 aromatic carbocycles. The third-order valence-electron chi connectivity index (χ3n) is 11.5. The molecule has 0 saturated carbocycles. The molecule has 16 nitrogen and oxygen atoms in total. The van der Waals surface area contributed by atoms with Gasteiger partial charge in [0, 0.05) is 51.9 Å². The molecule has 316 valence electrons. The van der Waals surface area contributed by atoms with Crippen LogP contribution in [0.1, 0.15) is 154 Å². The predicted octanol–water partition coefficient (Wildman–Crippen LogP) is 1.47. The Morgan fingerprint density at radius 3 is 0.825 bits per heavy atom. The van der Waals surface area contributed by atoms with Crippen LogP contribution in [-0.4, -0.2) is 165 Å². The molecule has 4 aliphatic heterocycles. The second-order valence-corrected chi connectivity index (χ2v) is 15.5. The van der Waals surface area contributed by atoms with Crippen LogP contribution in [0.5, 0.6) is 0 Å². The Bertz CT molecular complexity index is 1170. The van der Waals surface area contributed by atoms with Crippen molar-refractivity contribution in [1.82, 2.24) is 19.6 Å². The molecular formula is C40H62CaN4O12. The van der Waals surface area contributed by atoms with Gasteiger partial charge in [0.05, 0.1) is 24.0 Å². The Labute approximate surface area is 366 Å². The summed E-state index contributed by atoms with van der Waals surface area (Å²) in [5.41, 5.74) is 0. The van der Waals surface area contributed by atoms with Gasteiger partial charge in [0.15, 0.2) is 0 Å². The van der Waals surface area contributed by atoms with E-state index in [2.05, 4.69) is 0 Å². The summed E-state index contributed by atoms with van der Waals surface area (Å²) in [6, 6.07) is -2.84. The molecular weight excluding hydrogens is 769 g/mol. The van der Waals surface area contributed by atoms with Crippen LogP contribution in [-0.2, 0) is 38.4 Å². The topological polar surface area (TPSA) is 236 Å². The SMILES string of the molecule is O=C([O-])[C@H]1CCCN1C(=O)CCCCCCCCC(=O)N1CCC[C@@H]1C(=O)O.O=C([O-])[C@H]1CCCN1C(=O)CCCCCCCCC(=O)N1CCC[C@@H]1C(=O)O.[Ca+2]. The van der Waals surface area contributed by atoms with Crippen LogP contribution in [0, 0.1) is 0 Å². The van der Waals surface area contributed by atoms with Crippen molar-refractivity contribution in [3.63, 3.8) is 0 Å². The molecule has 4 rings (SSSR count). The van der Waals surface area contributed by atoms with Crippen LogP contribution in [0.4, 0.5) is 0 Å². The average Bonchev–Trinajstić information content (AvgIpc) is 4.00. The average molecular weight is 831 g/mol. The molecule has 0 aliphatic carbocycles. The van der Waals surface area contributed by atoms with Crippen molar-refractivity contribution < 1.29 is 58.8 Å². The van der Waals surface area contributed by atoms with Gasteiger partial charge >= 0.3 is 49.7 Å². The predicted molar refractivity (Wildman–Crippen MR) is 204 cm³/mol. The van der Waals surface area contributed by atoms with E-state index < -0.39 is 48.0 Å². The summed E-state index contributed by atoms with van der Waals surface area (Å²) in [7, 11) is 0. The van der Waals surface area contributed by atoms with Crippen LogP contribution in [0.15, 0.2) is 0 Å². The summed E-state index contributed by atoms with van der Waals surface area (Å²) in [6.45, 7) is 2.09. The fourth-order valence-electron chi connectivity index (χ4n) is 8.36. The zero-order chi connectivity index (χ0) is 41.0. The van der Waals surface area contributed by atoms with E-state index in [0.29, 0.717) is 90.4 Å². The van der Waals surface area contributed by atoms with Crippen LogP contribution in [0.3, 0.4) is 0 Å². The summed E-state index contributed by atoms with van der Waals surface area (Å²) in [6.07, 6.45) is 17.0. The van der Waals surface area contributed by atoms with Crippen molar-refractivity contribution in [1.29, 1.82) is 0 Å². The third-order valence-corrected chi connectivity index (χ3v) is 11.5. The number of carbonyl (C=O) groups excluding carboxylic acids is 6. The first-order chi connectivity index (χ1) is 26.8. The van der Waals surface area contributed by atoms with Crippen molar-refractivity contribution in [2.24, 2.45) is 0 Å². The Morgan fingerprint density at radius 1 is 0.386 bits per heavy atom.